The molecule has 0 fully saturated rings. The molecule has 19 heavy (non-hydrogen) atoms. The lowest BCUT2D eigenvalue weighted by Crippen LogP contribution is -1.86. The summed E-state index contributed by atoms with van der Waals surface area (Å²) in [7, 11) is 0. The molecule has 0 amide bonds. The highest BCUT2D eigenvalue weighted by Crippen LogP contribution is 2.39. The van der Waals surface area contributed by atoms with Gasteiger partial charge in [0.15, 0.2) is 0 Å². The number of nitro groups is 1. The molecule has 1 aromatic carbocycles. The van der Waals surface area contributed by atoms with Crippen molar-refractivity contribution in [1.29, 1.82) is 5.26 Å². The van der Waals surface area contributed by atoms with Gasteiger partial charge in [0.2, 0.25) is 0 Å². The summed E-state index contributed by atoms with van der Waals surface area (Å²) in [6, 6.07) is 6.55. The molecule has 0 saturated carbocycles. The molecule has 0 aliphatic heterocycles. The Balaban J connectivity index is 2.44. The van der Waals surface area contributed by atoms with Gasteiger partial charge in [0.1, 0.15) is 6.07 Å². The number of hydrogen-bond donors (Lipinski definition) is 0. The van der Waals surface area contributed by atoms with E-state index in [-0.39, 0.29) is 5.69 Å². The van der Waals surface area contributed by atoms with E-state index in [4.69, 9.17) is 16.9 Å². The van der Waals surface area contributed by atoms with Crippen LogP contribution in [0.15, 0.2) is 24.4 Å². The summed E-state index contributed by atoms with van der Waals surface area (Å²) in [5, 5.41) is 20.7. The summed E-state index contributed by atoms with van der Waals surface area (Å²) in [4.78, 5) is 14.5. The number of nitrogens with zero attached hydrogens (tertiary/aromatic N) is 3. The van der Waals surface area contributed by atoms with Crippen molar-refractivity contribution < 1.29 is 4.92 Å². The maximum Gasteiger partial charge on any atom is 0.270 e. The van der Waals surface area contributed by atoms with Crippen LogP contribution < -0.4 is 0 Å². The molecule has 3 aromatic rings. The average molecular weight is 290 g/mol. The predicted molar refractivity (Wildman–Crippen MR) is 73.5 cm³/mol. The lowest BCUT2D eigenvalue weighted by atomic mass is 10.2. The second-order valence-electron chi connectivity index (χ2n) is 3.82. The van der Waals surface area contributed by atoms with Crippen LogP contribution >= 0.6 is 22.9 Å². The normalized spacial score (nSPS) is 10.7. The second kappa shape index (κ2) is 4.16. The van der Waals surface area contributed by atoms with Gasteiger partial charge < -0.3 is 0 Å². The molecule has 0 aliphatic rings. The lowest BCUT2D eigenvalue weighted by molar-refractivity contribution is -0.384. The van der Waals surface area contributed by atoms with Gasteiger partial charge in [-0.15, -0.1) is 11.3 Å². The van der Waals surface area contributed by atoms with Crippen LogP contribution in [0.3, 0.4) is 0 Å². The fraction of sp³-hybridized carbons (Fsp3) is 0. The molecule has 0 atom stereocenters. The maximum atomic E-state index is 10.8. The van der Waals surface area contributed by atoms with Crippen LogP contribution in [0.5, 0.6) is 0 Å². The monoisotopic (exact) mass is 289 g/mol. The molecule has 0 spiro atoms. The first-order valence-electron chi connectivity index (χ1n) is 5.17. The summed E-state index contributed by atoms with van der Waals surface area (Å²) in [6.45, 7) is 0. The Morgan fingerprint density at radius 1 is 1.47 bits per heavy atom. The molecule has 3 rings (SSSR count). The Kier molecular flexibility index (Phi) is 2.59. The Hall–Kier alpha value is -2.23. The Morgan fingerprint density at radius 2 is 2.26 bits per heavy atom. The van der Waals surface area contributed by atoms with Gasteiger partial charge in [-0.2, -0.15) is 5.26 Å². The summed E-state index contributed by atoms with van der Waals surface area (Å²) in [6.07, 6.45) is 1.38. The first-order valence-corrected chi connectivity index (χ1v) is 6.36. The molecule has 0 aliphatic carbocycles. The number of benzene rings is 1. The van der Waals surface area contributed by atoms with Gasteiger partial charge in [-0.05, 0) is 6.07 Å². The first-order chi connectivity index (χ1) is 9.11. The first kappa shape index (κ1) is 11.8. The van der Waals surface area contributed by atoms with Crippen molar-refractivity contribution >= 4 is 48.9 Å². The third-order valence-corrected chi connectivity index (χ3v) is 4.42. The molecular weight excluding hydrogens is 286 g/mol. The van der Waals surface area contributed by atoms with Crippen molar-refractivity contribution in [2.24, 2.45) is 0 Å². The molecule has 0 unspecified atom stereocenters. The van der Waals surface area contributed by atoms with E-state index in [1.54, 1.807) is 6.07 Å². The van der Waals surface area contributed by atoms with E-state index in [0.717, 1.165) is 4.70 Å². The van der Waals surface area contributed by atoms with E-state index in [1.807, 2.05) is 6.07 Å². The van der Waals surface area contributed by atoms with Crippen molar-refractivity contribution in [3.8, 4) is 6.07 Å². The Labute approximate surface area is 115 Å². The minimum absolute atomic E-state index is 0.00878. The van der Waals surface area contributed by atoms with Crippen molar-refractivity contribution in [3.05, 3.63) is 45.1 Å². The van der Waals surface area contributed by atoms with Crippen LogP contribution in [-0.4, -0.2) is 9.91 Å². The topological polar surface area (TPSA) is 79.8 Å². The maximum absolute atomic E-state index is 10.8. The van der Waals surface area contributed by atoms with Crippen LogP contribution in [0, 0.1) is 21.4 Å². The van der Waals surface area contributed by atoms with Gasteiger partial charge >= 0.3 is 0 Å². The highest BCUT2D eigenvalue weighted by Gasteiger charge is 2.15. The lowest BCUT2D eigenvalue weighted by Gasteiger charge is -1.95. The van der Waals surface area contributed by atoms with Gasteiger partial charge in [0.25, 0.3) is 5.69 Å². The summed E-state index contributed by atoms with van der Waals surface area (Å²) in [5.74, 6) is 0. The van der Waals surface area contributed by atoms with Crippen molar-refractivity contribution in [1.82, 2.24) is 4.98 Å². The smallest absolute Gasteiger partial charge is 0.258 e. The van der Waals surface area contributed by atoms with Crippen LogP contribution in [0.4, 0.5) is 5.69 Å². The van der Waals surface area contributed by atoms with Gasteiger partial charge in [-0.3, -0.25) is 15.1 Å². The Bertz CT molecular complexity index is 882. The number of thiophene rings is 1. The SMILES string of the molecule is N#Cc1cnc2c(sc3ccc([N+](=O)[O-])cc32)c1Cl. The molecule has 0 N–H and O–H groups in total. The van der Waals surface area contributed by atoms with Crippen LogP contribution in [0.25, 0.3) is 20.3 Å². The van der Waals surface area contributed by atoms with Crippen molar-refractivity contribution in [3.63, 3.8) is 0 Å². The second-order valence-corrected chi connectivity index (χ2v) is 5.25. The standard InChI is InChI=1S/C12H4ClN3O2S/c13-10-6(4-14)5-15-11-8-3-7(16(17)18)1-2-9(8)19-12(10)11/h1-3,5H. The van der Waals surface area contributed by atoms with Gasteiger partial charge in [0, 0.05) is 28.4 Å². The number of fused-ring (bicyclic) bond motifs is 3. The van der Waals surface area contributed by atoms with E-state index in [1.165, 1.54) is 29.7 Å². The number of non-ortho nitro benzene ring substituents is 1. The summed E-state index contributed by atoms with van der Waals surface area (Å²) in [5.41, 5.74) is 0.900. The highest BCUT2D eigenvalue weighted by molar-refractivity contribution is 7.26. The quantitative estimate of drug-likeness (QED) is 0.503. The van der Waals surface area contributed by atoms with Gasteiger partial charge in [-0.25, -0.2) is 0 Å². The Morgan fingerprint density at radius 3 is 2.95 bits per heavy atom. The number of halogens is 1. The molecule has 7 heteroatoms. The minimum atomic E-state index is -0.450. The van der Waals surface area contributed by atoms with Crippen LogP contribution in [-0.2, 0) is 0 Å². The molecule has 2 aromatic heterocycles. The van der Waals surface area contributed by atoms with E-state index in [2.05, 4.69) is 4.98 Å². The molecule has 0 saturated heterocycles. The average Bonchev–Trinajstić information content (AvgIpc) is 2.78. The van der Waals surface area contributed by atoms with E-state index in [0.29, 0.717) is 26.2 Å². The highest BCUT2D eigenvalue weighted by atomic mass is 35.5. The number of nitriles is 1. The fourth-order valence-corrected chi connectivity index (χ4v) is 3.23. The third kappa shape index (κ3) is 1.71. The third-order valence-electron chi connectivity index (χ3n) is 2.74. The van der Waals surface area contributed by atoms with E-state index >= 15 is 0 Å². The molecule has 0 radical (unpaired) electrons. The summed E-state index contributed by atoms with van der Waals surface area (Å²) >= 11 is 7.50. The van der Waals surface area contributed by atoms with E-state index < -0.39 is 4.92 Å². The molecule has 5 nitrogen and oxygen atoms in total. The van der Waals surface area contributed by atoms with Gasteiger partial charge in [-0.1, -0.05) is 11.6 Å². The fourth-order valence-electron chi connectivity index (χ4n) is 1.85. The molecule has 92 valence electrons. The number of nitro benzene ring substituents is 1. The van der Waals surface area contributed by atoms with Crippen molar-refractivity contribution in [2.75, 3.05) is 0 Å². The zero-order valence-corrected chi connectivity index (χ0v) is 10.8. The molecular formula is C12H4ClN3O2S. The molecule has 2 heterocycles. The predicted octanol–water partition coefficient (Wildman–Crippen LogP) is 3.88. The van der Waals surface area contributed by atoms with Crippen molar-refractivity contribution in [2.45, 2.75) is 0 Å². The number of aromatic nitrogens is 1. The van der Waals surface area contributed by atoms with Gasteiger partial charge in [0.05, 0.1) is 25.7 Å². The largest absolute Gasteiger partial charge is 0.270 e. The van der Waals surface area contributed by atoms with Crippen LogP contribution in [0.2, 0.25) is 5.02 Å². The van der Waals surface area contributed by atoms with Crippen LogP contribution in [0.1, 0.15) is 5.56 Å². The zero-order chi connectivity index (χ0) is 13.6. The number of rotatable bonds is 1. The number of pyridine rings is 1. The molecule has 0 bridgehead atoms. The summed E-state index contributed by atoms with van der Waals surface area (Å²) < 4.78 is 1.53. The number of hydrogen-bond acceptors (Lipinski definition) is 5. The minimum Gasteiger partial charge on any atom is -0.258 e. The zero-order valence-electron chi connectivity index (χ0n) is 9.25. The van der Waals surface area contributed by atoms with E-state index in [9.17, 15) is 10.1 Å².